The highest BCUT2D eigenvalue weighted by Gasteiger charge is 2.39. The van der Waals surface area contributed by atoms with Gasteiger partial charge in [-0.05, 0) is 30.5 Å². The summed E-state index contributed by atoms with van der Waals surface area (Å²) in [5.74, 6) is -0.105. The van der Waals surface area contributed by atoms with Gasteiger partial charge in [0.15, 0.2) is 5.84 Å². The van der Waals surface area contributed by atoms with Gasteiger partial charge in [0, 0.05) is 24.7 Å². The number of nitrogens with two attached hydrogens (primary N) is 1. The summed E-state index contributed by atoms with van der Waals surface area (Å²) in [6.07, 6.45) is 1.63. The van der Waals surface area contributed by atoms with E-state index in [1.807, 2.05) is 24.3 Å². The fourth-order valence-electron chi connectivity index (χ4n) is 2.43. The van der Waals surface area contributed by atoms with Gasteiger partial charge in [0.05, 0.1) is 5.41 Å². The van der Waals surface area contributed by atoms with Crippen molar-refractivity contribution in [3.63, 3.8) is 0 Å². The number of nitrogens with zero attached hydrogens (tertiary/aromatic N) is 1. The Balaban J connectivity index is 2.32. The lowest BCUT2D eigenvalue weighted by molar-refractivity contribution is -0.143. The van der Waals surface area contributed by atoms with Gasteiger partial charge < -0.3 is 15.3 Å². The smallest absolute Gasteiger partial charge is 0.334 e. The summed E-state index contributed by atoms with van der Waals surface area (Å²) in [6.45, 7) is 2.87. The highest BCUT2D eigenvalue weighted by Crippen LogP contribution is 2.35. The van der Waals surface area contributed by atoms with E-state index >= 15 is 0 Å². The Morgan fingerprint density at radius 2 is 2.00 bits per heavy atom. The standard InChI is InChI=1S/C15H19ClN2O3/c1-2-13(19)21-18-14(17)15(7-9-20-10-8-15)11-3-5-12(16)6-4-11/h3-6H,2,7-10H2,1H3,(H2,17,18). The molecule has 1 fully saturated rings. The van der Waals surface area contributed by atoms with E-state index < -0.39 is 11.4 Å². The molecule has 1 aromatic carbocycles. The number of halogens is 1. The van der Waals surface area contributed by atoms with E-state index in [4.69, 9.17) is 26.9 Å². The second-order valence-corrected chi connectivity index (χ2v) is 5.43. The van der Waals surface area contributed by atoms with Crippen LogP contribution in [0.3, 0.4) is 0 Å². The van der Waals surface area contributed by atoms with Crippen LogP contribution in [-0.2, 0) is 19.8 Å². The van der Waals surface area contributed by atoms with Gasteiger partial charge in [0.25, 0.3) is 0 Å². The number of hydrogen-bond acceptors (Lipinski definition) is 4. The third-order valence-electron chi connectivity index (χ3n) is 3.77. The maximum absolute atomic E-state index is 11.3. The van der Waals surface area contributed by atoms with Crippen molar-refractivity contribution in [1.29, 1.82) is 0 Å². The summed E-state index contributed by atoms with van der Waals surface area (Å²) in [7, 11) is 0. The number of oxime groups is 1. The van der Waals surface area contributed by atoms with Crippen molar-refractivity contribution in [1.82, 2.24) is 0 Å². The Bertz CT molecular complexity index is 522. The summed E-state index contributed by atoms with van der Waals surface area (Å²) in [5.41, 5.74) is 6.67. The van der Waals surface area contributed by atoms with Crippen molar-refractivity contribution in [2.45, 2.75) is 31.6 Å². The Kier molecular flexibility index (Phi) is 5.20. The predicted octanol–water partition coefficient (Wildman–Crippen LogP) is 2.61. The van der Waals surface area contributed by atoms with E-state index in [0.717, 1.165) is 5.56 Å². The zero-order valence-corrected chi connectivity index (χ0v) is 12.7. The van der Waals surface area contributed by atoms with E-state index in [9.17, 15) is 4.79 Å². The Morgan fingerprint density at radius 3 is 2.57 bits per heavy atom. The molecular formula is C15H19ClN2O3. The van der Waals surface area contributed by atoms with Crippen LogP contribution in [0.15, 0.2) is 29.4 Å². The Labute approximate surface area is 129 Å². The number of carbonyl (C=O) groups is 1. The molecule has 1 aliphatic rings. The first kappa shape index (κ1) is 15.8. The van der Waals surface area contributed by atoms with E-state index in [0.29, 0.717) is 36.9 Å². The Morgan fingerprint density at radius 1 is 1.38 bits per heavy atom. The van der Waals surface area contributed by atoms with Crippen molar-refractivity contribution in [2.75, 3.05) is 13.2 Å². The van der Waals surface area contributed by atoms with Gasteiger partial charge in [-0.2, -0.15) is 0 Å². The second kappa shape index (κ2) is 6.91. The molecule has 21 heavy (non-hydrogen) atoms. The summed E-state index contributed by atoms with van der Waals surface area (Å²) in [6, 6.07) is 7.49. The molecule has 2 rings (SSSR count). The Hall–Kier alpha value is -1.59. The number of hydrogen-bond donors (Lipinski definition) is 1. The lowest BCUT2D eigenvalue weighted by atomic mass is 9.73. The molecule has 114 valence electrons. The normalized spacial score (nSPS) is 18.3. The molecule has 0 aromatic heterocycles. The van der Waals surface area contributed by atoms with Crippen LogP contribution in [0, 0.1) is 0 Å². The first-order valence-electron chi connectivity index (χ1n) is 6.96. The molecule has 2 N–H and O–H groups in total. The molecule has 5 nitrogen and oxygen atoms in total. The summed E-state index contributed by atoms with van der Waals surface area (Å²) in [5, 5.41) is 4.51. The summed E-state index contributed by atoms with van der Waals surface area (Å²) in [4.78, 5) is 16.1. The highest BCUT2D eigenvalue weighted by molar-refractivity contribution is 6.30. The van der Waals surface area contributed by atoms with Crippen molar-refractivity contribution in [3.05, 3.63) is 34.9 Å². The molecule has 6 heteroatoms. The zero-order chi connectivity index (χ0) is 15.3. The molecular weight excluding hydrogens is 292 g/mol. The van der Waals surface area contributed by atoms with Crippen LogP contribution in [0.4, 0.5) is 0 Å². The first-order chi connectivity index (χ1) is 10.1. The first-order valence-corrected chi connectivity index (χ1v) is 7.34. The fraction of sp³-hybridized carbons (Fsp3) is 0.467. The van der Waals surface area contributed by atoms with Crippen molar-refractivity contribution in [3.8, 4) is 0 Å². The largest absolute Gasteiger partial charge is 0.384 e. The maximum Gasteiger partial charge on any atom is 0.334 e. The molecule has 0 aliphatic carbocycles. The molecule has 0 saturated carbocycles. The molecule has 1 saturated heterocycles. The van der Waals surface area contributed by atoms with Gasteiger partial charge >= 0.3 is 5.97 Å². The average molecular weight is 311 g/mol. The monoisotopic (exact) mass is 310 g/mol. The topological polar surface area (TPSA) is 73.9 Å². The summed E-state index contributed by atoms with van der Waals surface area (Å²) < 4.78 is 5.42. The van der Waals surface area contributed by atoms with Gasteiger partial charge in [-0.3, -0.25) is 0 Å². The number of ether oxygens (including phenoxy) is 1. The molecule has 0 amide bonds. The minimum atomic E-state index is -0.475. The van der Waals surface area contributed by atoms with Crippen LogP contribution in [0.5, 0.6) is 0 Å². The molecule has 0 unspecified atom stereocenters. The van der Waals surface area contributed by atoms with Gasteiger partial charge in [-0.1, -0.05) is 35.8 Å². The van der Waals surface area contributed by atoms with Gasteiger partial charge in [-0.15, -0.1) is 0 Å². The van der Waals surface area contributed by atoms with Crippen LogP contribution in [0.1, 0.15) is 31.7 Å². The maximum atomic E-state index is 11.3. The number of rotatable bonds is 4. The third kappa shape index (κ3) is 3.54. The average Bonchev–Trinajstić information content (AvgIpc) is 2.53. The van der Waals surface area contributed by atoms with Crippen LogP contribution < -0.4 is 5.73 Å². The molecule has 0 radical (unpaired) electrons. The molecule has 1 aliphatic heterocycles. The molecule has 1 aromatic rings. The number of benzene rings is 1. The van der Waals surface area contributed by atoms with E-state index in [-0.39, 0.29) is 6.42 Å². The second-order valence-electron chi connectivity index (χ2n) is 4.99. The zero-order valence-electron chi connectivity index (χ0n) is 12.0. The lowest BCUT2D eigenvalue weighted by Crippen LogP contribution is -2.46. The SMILES string of the molecule is CCC(=O)O/N=C(\N)C1(c2ccc(Cl)cc2)CCOCC1. The van der Waals surface area contributed by atoms with Crippen LogP contribution in [0.25, 0.3) is 0 Å². The molecule has 0 bridgehead atoms. The van der Waals surface area contributed by atoms with Crippen LogP contribution >= 0.6 is 11.6 Å². The van der Waals surface area contributed by atoms with Crippen molar-refractivity contribution in [2.24, 2.45) is 10.9 Å². The minimum absolute atomic E-state index is 0.258. The van der Waals surface area contributed by atoms with E-state index in [1.165, 1.54) is 0 Å². The number of carbonyl (C=O) groups excluding carboxylic acids is 1. The lowest BCUT2D eigenvalue weighted by Gasteiger charge is -2.36. The van der Waals surface area contributed by atoms with Crippen molar-refractivity contribution < 1.29 is 14.4 Å². The van der Waals surface area contributed by atoms with Crippen molar-refractivity contribution >= 4 is 23.4 Å². The van der Waals surface area contributed by atoms with Crippen LogP contribution in [-0.4, -0.2) is 25.0 Å². The van der Waals surface area contributed by atoms with E-state index in [2.05, 4.69) is 5.16 Å². The minimum Gasteiger partial charge on any atom is -0.384 e. The summed E-state index contributed by atoms with van der Waals surface area (Å²) >= 11 is 5.94. The number of amidine groups is 1. The molecule has 0 spiro atoms. The third-order valence-corrected chi connectivity index (χ3v) is 4.02. The molecule has 0 atom stereocenters. The van der Waals surface area contributed by atoms with Gasteiger partial charge in [-0.25, -0.2) is 4.79 Å². The quantitative estimate of drug-likeness (QED) is 0.401. The molecule has 1 heterocycles. The predicted molar refractivity (Wildman–Crippen MR) is 81.2 cm³/mol. The fourth-order valence-corrected chi connectivity index (χ4v) is 2.56. The van der Waals surface area contributed by atoms with Gasteiger partial charge in [0.1, 0.15) is 0 Å². The van der Waals surface area contributed by atoms with Gasteiger partial charge in [0.2, 0.25) is 0 Å². The highest BCUT2D eigenvalue weighted by atomic mass is 35.5. The van der Waals surface area contributed by atoms with Crippen LogP contribution in [0.2, 0.25) is 5.02 Å². The van der Waals surface area contributed by atoms with E-state index in [1.54, 1.807) is 6.92 Å².